The third kappa shape index (κ3) is 5.33. The van der Waals surface area contributed by atoms with E-state index in [1.165, 1.54) is 4.31 Å². The van der Waals surface area contributed by atoms with Gasteiger partial charge in [-0.05, 0) is 38.8 Å². The largest absolute Gasteiger partial charge is 0.356 e. The third-order valence-electron chi connectivity index (χ3n) is 5.01. The van der Waals surface area contributed by atoms with Crippen molar-refractivity contribution >= 4 is 38.7 Å². The van der Waals surface area contributed by atoms with Gasteiger partial charge in [-0.15, -0.1) is 0 Å². The predicted octanol–water partition coefficient (Wildman–Crippen LogP) is 2.00. The number of sulfonamides is 1. The second kappa shape index (κ2) is 10.6. The molecular formula is C19H28N4O5S2. The van der Waals surface area contributed by atoms with Crippen molar-refractivity contribution in [1.29, 1.82) is 0 Å². The summed E-state index contributed by atoms with van der Waals surface area (Å²) >= 11 is 0.986. The number of hydrogen-bond acceptors (Lipinski definition) is 8. The fourth-order valence-corrected chi connectivity index (χ4v) is 5.82. The fraction of sp³-hybridized carbons (Fsp3) is 0.632. The molecule has 0 spiro atoms. The summed E-state index contributed by atoms with van der Waals surface area (Å²) in [7, 11) is -3.76. The van der Waals surface area contributed by atoms with Crippen LogP contribution in [0.5, 0.6) is 0 Å². The summed E-state index contributed by atoms with van der Waals surface area (Å²) < 4.78 is 47.0. The number of nitrogens with zero attached hydrogens (tertiary/aromatic N) is 3. The van der Waals surface area contributed by atoms with Crippen LogP contribution in [0.2, 0.25) is 0 Å². The van der Waals surface area contributed by atoms with Gasteiger partial charge in [0.05, 0.1) is 17.6 Å². The molecule has 1 aliphatic heterocycles. The van der Waals surface area contributed by atoms with E-state index in [4.69, 9.17) is 9.47 Å². The van der Waals surface area contributed by atoms with Crippen LogP contribution in [-0.4, -0.2) is 66.5 Å². The monoisotopic (exact) mass is 456 g/mol. The molecule has 0 aliphatic carbocycles. The van der Waals surface area contributed by atoms with Gasteiger partial charge in [0.15, 0.2) is 6.29 Å². The van der Waals surface area contributed by atoms with Crippen LogP contribution in [0.15, 0.2) is 23.1 Å². The van der Waals surface area contributed by atoms with E-state index in [1.54, 1.807) is 18.2 Å². The lowest BCUT2D eigenvalue weighted by atomic mass is 9.99. The number of aromatic nitrogens is 2. The molecule has 9 nitrogen and oxygen atoms in total. The Hall–Kier alpha value is -1.66. The zero-order valence-corrected chi connectivity index (χ0v) is 18.9. The molecule has 1 N–H and O–H groups in total. The Morgan fingerprint density at radius 1 is 1.30 bits per heavy atom. The molecule has 2 aromatic rings. The predicted molar refractivity (Wildman–Crippen MR) is 114 cm³/mol. The molecule has 30 heavy (non-hydrogen) atoms. The molecule has 1 aliphatic rings. The van der Waals surface area contributed by atoms with Crippen molar-refractivity contribution in [3.63, 3.8) is 0 Å². The van der Waals surface area contributed by atoms with Crippen LogP contribution in [0.1, 0.15) is 33.1 Å². The van der Waals surface area contributed by atoms with Crippen molar-refractivity contribution in [2.24, 2.45) is 5.92 Å². The molecule has 1 amide bonds. The number of nitrogens with one attached hydrogen (secondary N) is 1. The normalized spacial score (nSPS) is 18.2. The lowest BCUT2D eigenvalue weighted by Gasteiger charge is -2.31. The van der Waals surface area contributed by atoms with Gasteiger partial charge in [0.2, 0.25) is 15.9 Å². The minimum Gasteiger partial charge on any atom is -0.356 e. The van der Waals surface area contributed by atoms with Gasteiger partial charge in [-0.3, -0.25) is 4.79 Å². The molecular weight excluding hydrogens is 428 g/mol. The van der Waals surface area contributed by atoms with Gasteiger partial charge in [0, 0.05) is 39.3 Å². The summed E-state index contributed by atoms with van der Waals surface area (Å²) in [5.74, 6) is -0.533. The molecule has 1 unspecified atom stereocenters. The van der Waals surface area contributed by atoms with Gasteiger partial charge in [-0.1, -0.05) is 6.07 Å². The Morgan fingerprint density at radius 3 is 2.80 bits per heavy atom. The Kier molecular flexibility index (Phi) is 8.12. The molecule has 1 atom stereocenters. The Balaban J connectivity index is 1.62. The number of rotatable bonds is 10. The Labute approximate surface area is 181 Å². The number of hydrogen-bond donors (Lipinski definition) is 1. The topological polar surface area (TPSA) is 111 Å². The van der Waals surface area contributed by atoms with Crippen LogP contribution in [0.3, 0.4) is 0 Å². The van der Waals surface area contributed by atoms with Gasteiger partial charge in [0.25, 0.3) is 0 Å². The van der Waals surface area contributed by atoms with Gasteiger partial charge >= 0.3 is 0 Å². The maximum absolute atomic E-state index is 13.2. The first-order chi connectivity index (χ1) is 14.5. The first-order valence-electron chi connectivity index (χ1n) is 10.2. The highest BCUT2D eigenvalue weighted by atomic mass is 32.2. The van der Waals surface area contributed by atoms with Crippen LogP contribution in [0.4, 0.5) is 0 Å². The Morgan fingerprint density at radius 2 is 2.07 bits per heavy atom. The van der Waals surface area contributed by atoms with E-state index in [2.05, 4.69) is 14.1 Å². The van der Waals surface area contributed by atoms with E-state index < -0.39 is 10.0 Å². The average Bonchev–Trinajstić information content (AvgIpc) is 3.23. The number of benzene rings is 1. The lowest BCUT2D eigenvalue weighted by Crippen LogP contribution is -2.45. The number of piperidine rings is 1. The lowest BCUT2D eigenvalue weighted by molar-refractivity contribution is -0.140. The highest BCUT2D eigenvalue weighted by Crippen LogP contribution is 2.28. The van der Waals surface area contributed by atoms with E-state index in [1.807, 2.05) is 13.8 Å². The van der Waals surface area contributed by atoms with E-state index >= 15 is 0 Å². The van der Waals surface area contributed by atoms with Crippen molar-refractivity contribution in [2.45, 2.75) is 44.3 Å². The molecule has 1 aromatic heterocycles. The highest BCUT2D eigenvalue weighted by Gasteiger charge is 2.34. The number of carbonyl (C=O) groups is 1. The molecule has 166 valence electrons. The van der Waals surface area contributed by atoms with Crippen molar-refractivity contribution in [1.82, 2.24) is 18.4 Å². The van der Waals surface area contributed by atoms with Crippen LogP contribution < -0.4 is 5.32 Å². The second-order valence-electron chi connectivity index (χ2n) is 7.01. The first-order valence-corrected chi connectivity index (χ1v) is 12.4. The number of fused-ring (bicyclic) bond motifs is 1. The smallest absolute Gasteiger partial charge is 0.245 e. The average molecular weight is 457 g/mol. The number of amides is 1. The zero-order chi connectivity index (χ0) is 21.6. The number of carbonyl (C=O) groups excluding carboxylic acids is 1. The maximum atomic E-state index is 13.2. The number of ether oxygens (including phenoxy) is 2. The first kappa shape index (κ1) is 23.0. The van der Waals surface area contributed by atoms with Gasteiger partial charge in [-0.25, -0.2) is 8.42 Å². The van der Waals surface area contributed by atoms with Crippen molar-refractivity contribution < 1.29 is 22.7 Å². The van der Waals surface area contributed by atoms with Crippen molar-refractivity contribution in [3.05, 3.63) is 18.2 Å². The van der Waals surface area contributed by atoms with Gasteiger partial charge < -0.3 is 14.8 Å². The van der Waals surface area contributed by atoms with Crippen LogP contribution >= 0.6 is 11.7 Å². The van der Waals surface area contributed by atoms with Crippen LogP contribution in [0.25, 0.3) is 11.0 Å². The van der Waals surface area contributed by atoms with E-state index in [0.29, 0.717) is 56.6 Å². The summed E-state index contributed by atoms with van der Waals surface area (Å²) in [5, 5.41) is 2.90. The van der Waals surface area contributed by atoms with Crippen LogP contribution in [-0.2, 0) is 24.3 Å². The van der Waals surface area contributed by atoms with E-state index in [-0.39, 0.29) is 29.6 Å². The SMILES string of the molecule is CCOC(CCNC(=O)C1CCCN(S(=O)(=O)c2cccc3nsnc23)C1)OCC. The van der Waals surface area contributed by atoms with Gasteiger partial charge in [-0.2, -0.15) is 13.1 Å². The maximum Gasteiger partial charge on any atom is 0.245 e. The molecule has 0 saturated carbocycles. The molecule has 1 saturated heterocycles. The van der Waals surface area contributed by atoms with Crippen molar-refractivity contribution in [3.8, 4) is 0 Å². The molecule has 0 bridgehead atoms. The summed E-state index contributed by atoms with van der Waals surface area (Å²) in [6.45, 7) is 5.81. The zero-order valence-electron chi connectivity index (χ0n) is 17.2. The molecule has 1 aromatic carbocycles. The Bertz CT molecular complexity index is 943. The molecule has 1 fully saturated rings. The molecule has 2 heterocycles. The fourth-order valence-electron chi connectivity index (χ4n) is 3.55. The van der Waals surface area contributed by atoms with E-state index in [9.17, 15) is 13.2 Å². The molecule has 3 rings (SSSR count). The summed E-state index contributed by atoms with van der Waals surface area (Å²) in [6.07, 6.45) is 1.47. The summed E-state index contributed by atoms with van der Waals surface area (Å²) in [6, 6.07) is 4.95. The minimum atomic E-state index is -3.76. The minimum absolute atomic E-state index is 0.143. The van der Waals surface area contributed by atoms with Crippen LogP contribution in [0, 0.1) is 5.92 Å². The standard InChI is InChI=1S/C19H28N4O5S2/c1-3-27-17(28-4-2)10-11-20-19(24)14-7-6-12-23(13-14)30(25,26)16-9-5-8-15-18(16)22-29-21-15/h5,8-9,14,17H,3-4,6-7,10-13H2,1-2H3,(H,20,24). The second-order valence-corrected chi connectivity index (χ2v) is 9.45. The molecule has 11 heteroatoms. The van der Waals surface area contributed by atoms with Gasteiger partial charge in [0.1, 0.15) is 15.9 Å². The molecule has 0 radical (unpaired) electrons. The third-order valence-corrected chi connectivity index (χ3v) is 7.45. The highest BCUT2D eigenvalue weighted by molar-refractivity contribution is 7.89. The summed E-state index contributed by atoms with van der Waals surface area (Å²) in [4.78, 5) is 12.8. The quantitative estimate of drug-likeness (QED) is 0.544. The summed E-state index contributed by atoms with van der Waals surface area (Å²) in [5.41, 5.74) is 0.942. The van der Waals surface area contributed by atoms with Crippen molar-refractivity contribution in [2.75, 3.05) is 32.8 Å². The van der Waals surface area contributed by atoms with E-state index in [0.717, 1.165) is 11.7 Å².